The Kier molecular flexibility index (Phi) is 4.04. The van der Waals surface area contributed by atoms with Crippen LogP contribution in [0.15, 0.2) is 30.3 Å². The Labute approximate surface area is 112 Å². The molecule has 0 aliphatic heterocycles. The summed E-state index contributed by atoms with van der Waals surface area (Å²) < 4.78 is 5.77. The lowest BCUT2D eigenvalue weighted by atomic mass is 10.1. The van der Waals surface area contributed by atoms with E-state index in [4.69, 9.17) is 10.5 Å². The Morgan fingerprint density at radius 3 is 2.33 bits per heavy atom. The van der Waals surface area contributed by atoms with Gasteiger partial charge in [-0.1, -0.05) is 6.07 Å². The van der Waals surface area contributed by atoms with Crippen molar-refractivity contribution in [2.75, 3.05) is 6.61 Å². The van der Waals surface area contributed by atoms with Crippen molar-refractivity contribution in [3.8, 4) is 5.75 Å². The van der Waals surface area contributed by atoms with Gasteiger partial charge in [0.1, 0.15) is 12.4 Å². The van der Waals surface area contributed by atoms with Gasteiger partial charge in [-0.25, -0.2) is 0 Å². The van der Waals surface area contributed by atoms with Crippen LogP contribution in [0.2, 0.25) is 0 Å². The lowest BCUT2D eigenvalue weighted by Gasteiger charge is -2.12. The van der Waals surface area contributed by atoms with Crippen LogP contribution in [-0.4, -0.2) is 6.61 Å². The molecule has 96 valence electrons. The zero-order chi connectivity index (χ0) is 13.1. The third-order valence-electron chi connectivity index (χ3n) is 2.75. The van der Waals surface area contributed by atoms with Gasteiger partial charge in [-0.05, 0) is 56.2 Å². The minimum Gasteiger partial charge on any atom is -0.492 e. The van der Waals surface area contributed by atoms with E-state index in [1.165, 1.54) is 20.9 Å². The maximum absolute atomic E-state index is 6.12. The van der Waals surface area contributed by atoms with Gasteiger partial charge < -0.3 is 10.5 Å². The molecule has 0 fully saturated rings. The fourth-order valence-corrected chi connectivity index (χ4v) is 2.80. The predicted octanol–water partition coefficient (Wildman–Crippen LogP) is 3.75. The number of rotatable bonds is 4. The van der Waals surface area contributed by atoms with Gasteiger partial charge >= 0.3 is 0 Å². The quantitative estimate of drug-likeness (QED) is 0.909. The van der Waals surface area contributed by atoms with Crippen molar-refractivity contribution in [1.82, 2.24) is 0 Å². The van der Waals surface area contributed by atoms with Crippen molar-refractivity contribution in [3.63, 3.8) is 0 Å². The fraction of sp³-hybridized carbons (Fsp3) is 0.333. The molecule has 0 amide bonds. The minimum atomic E-state index is -0.0514. The second-order valence-corrected chi connectivity index (χ2v) is 6.01. The van der Waals surface area contributed by atoms with Crippen molar-refractivity contribution >= 4 is 11.3 Å². The summed E-state index contributed by atoms with van der Waals surface area (Å²) in [5, 5.41) is 0. The summed E-state index contributed by atoms with van der Waals surface area (Å²) in [6.07, 6.45) is 0. The maximum Gasteiger partial charge on any atom is 0.119 e. The number of ether oxygens (including phenoxy) is 1. The van der Waals surface area contributed by atoms with Crippen LogP contribution < -0.4 is 10.5 Å². The number of nitrogens with two attached hydrogens (primary N) is 1. The summed E-state index contributed by atoms with van der Waals surface area (Å²) in [6.45, 7) is 6.75. The number of aryl methyl sites for hydroxylation is 3. The highest BCUT2D eigenvalue weighted by Gasteiger charge is 2.09. The second-order valence-electron chi connectivity index (χ2n) is 4.69. The molecule has 2 N–H and O–H groups in total. The molecule has 2 aromatic rings. The monoisotopic (exact) mass is 261 g/mol. The van der Waals surface area contributed by atoms with E-state index in [0.29, 0.717) is 6.61 Å². The molecule has 0 spiro atoms. The molecule has 1 aromatic heterocycles. The number of thiophene rings is 1. The molecule has 2 nitrogen and oxygen atoms in total. The van der Waals surface area contributed by atoms with Gasteiger partial charge in [0.15, 0.2) is 0 Å². The van der Waals surface area contributed by atoms with E-state index < -0.39 is 0 Å². The molecule has 0 aliphatic carbocycles. The molecule has 0 aliphatic rings. The van der Waals surface area contributed by atoms with Gasteiger partial charge in [0.05, 0.1) is 6.04 Å². The van der Waals surface area contributed by atoms with Crippen LogP contribution in [-0.2, 0) is 0 Å². The van der Waals surface area contributed by atoms with E-state index in [1.807, 2.05) is 12.1 Å². The zero-order valence-corrected chi connectivity index (χ0v) is 11.9. The molecule has 1 atom stereocenters. The van der Waals surface area contributed by atoms with Crippen molar-refractivity contribution in [2.24, 2.45) is 5.73 Å². The Bertz CT molecular complexity index is 513. The summed E-state index contributed by atoms with van der Waals surface area (Å²) in [6, 6.07) is 10.3. The largest absolute Gasteiger partial charge is 0.492 e. The summed E-state index contributed by atoms with van der Waals surface area (Å²) >= 11 is 1.73. The van der Waals surface area contributed by atoms with E-state index in [-0.39, 0.29) is 6.04 Å². The first-order valence-corrected chi connectivity index (χ1v) is 6.89. The molecule has 0 radical (unpaired) electrons. The molecular formula is C15H19NOS. The van der Waals surface area contributed by atoms with Gasteiger partial charge in [0.2, 0.25) is 0 Å². The molecule has 0 bridgehead atoms. The third-order valence-corrected chi connectivity index (χ3v) is 3.88. The third kappa shape index (κ3) is 3.34. The Hall–Kier alpha value is -1.32. The predicted molar refractivity (Wildman–Crippen MR) is 77.4 cm³/mol. The topological polar surface area (TPSA) is 35.2 Å². The zero-order valence-electron chi connectivity index (χ0n) is 11.1. The first-order chi connectivity index (χ1) is 8.54. The molecule has 1 aromatic carbocycles. The Morgan fingerprint density at radius 1 is 1.11 bits per heavy atom. The highest BCUT2D eigenvalue weighted by molar-refractivity contribution is 7.12. The van der Waals surface area contributed by atoms with Gasteiger partial charge in [0.25, 0.3) is 0 Å². The van der Waals surface area contributed by atoms with Gasteiger partial charge in [-0.3, -0.25) is 0 Å². The second kappa shape index (κ2) is 5.55. The van der Waals surface area contributed by atoms with Gasteiger partial charge in [0, 0.05) is 9.75 Å². The first kappa shape index (κ1) is 13.1. The van der Waals surface area contributed by atoms with Crippen LogP contribution in [0.1, 0.15) is 26.9 Å². The van der Waals surface area contributed by atoms with Crippen molar-refractivity contribution in [2.45, 2.75) is 26.8 Å². The van der Waals surface area contributed by atoms with Gasteiger partial charge in [-0.2, -0.15) is 0 Å². The number of hydrogen-bond donors (Lipinski definition) is 1. The highest BCUT2D eigenvalue weighted by atomic mass is 32.1. The van der Waals surface area contributed by atoms with Crippen LogP contribution in [0.3, 0.4) is 0 Å². The molecule has 0 saturated carbocycles. The summed E-state index contributed by atoms with van der Waals surface area (Å²) in [7, 11) is 0. The van der Waals surface area contributed by atoms with Gasteiger partial charge in [-0.15, -0.1) is 11.3 Å². The lowest BCUT2D eigenvalue weighted by Crippen LogP contribution is -2.17. The van der Waals surface area contributed by atoms with E-state index >= 15 is 0 Å². The molecular weight excluding hydrogens is 242 g/mol. The molecule has 18 heavy (non-hydrogen) atoms. The van der Waals surface area contributed by atoms with Crippen LogP contribution in [0, 0.1) is 20.8 Å². The highest BCUT2D eigenvalue weighted by Crippen LogP contribution is 2.23. The molecule has 0 saturated heterocycles. The Balaban J connectivity index is 1.99. The van der Waals surface area contributed by atoms with E-state index in [9.17, 15) is 0 Å². The lowest BCUT2D eigenvalue weighted by molar-refractivity contribution is 0.292. The fourth-order valence-electron chi connectivity index (χ4n) is 1.94. The first-order valence-electron chi connectivity index (χ1n) is 6.07. The minimum absolute atomic E-state index is 0.0514. The Morgan fingerprint density at radius 2 is 1.78 bits per heavy atom. The average Bonchev–Trinajstić information content (AvgIpc) is 2.71. The molecule has 3 heteroatoms. The van der Waals surface area contributed by atoms with Crippen LogP contribution in [0.4, 0.5) is 0 Å². The van der Waals surface area contributed by atoms with Crippen LogP contribution >= 0.6 is 11.3 Å². The number of benzene rings is 1. The van der Waals surface area contributed by atoms with E-state index in [1.54, 1.807) is 11.3 Å². The molecule has 1 unspecified atom stereocenters. The summed E-state index contributed by atoms with van der Waals surface area (Å²) in [5.41, 5.74) is 8.54. The smallest absolute Gasteiger partial charge is 0.119 e. The standard InChI is InChI=1S/C15H19NOS/c1-10-6-11(2)8-13(7-10)17-9-14(16)15-5-4-12(3)18-15/h4-8,14H,9,16H2,1-3H3. The summed E-state index contributed by atoms with van der Waals surface area (Å²) in [4.78, 5) is 2.46. The molecule has 2 rings (SSSR count). The number of hydrogen-bond acceptors (Lipinski definition) is 3. The van der Waals surface area contributed by atoms with Crippen molar-refractivity contribution in [3.05, 3.63) is 51.2 Å². The van der Waals surface area contributed by atoms with Crippen molar-refractivity contribution < 1.29 is 4.74 Å². The molecule has 1 heterocycles. The summed E-state index contributed by atoms with van der Waals surface area (Å²) in [5.74, 6) is 0.899. The van der Waals surface area contributed by atoms with E-state index in [2.05, 4.69) is 39.0 Å². The van der Waals surface area contributed by atoms with Crippen LogP contribution in [0.25, 0.3) is 0 Å². The van der Waals surface area contributed by atoms with Crippen molar-refractivity contribution in [1.29, 1.82) is 0 Å². The van der Waals surface area contributed by atoms with Crippen LogP contribution in [0.5, 0.6) is 5.75 Å². The normalized spacial score (nSPS) is 12.4. The van der Waals surface area contributed by atoms with E-state index in [0.717, 1.165) is 5.75 Å². The average molecular weight is 261 g/mol. The SMILES string of the molecule is Cc1cc(C)cc(OCC(N)c2ccc(C)s2)c1. The maximum atomic E-state index is 6.12.